The Morgan fingerprint density at radius 2 is 2.12 bits per heavy atom. The monoisotopic (exact) mass is 235 g/mol. The van der Waals surface area contributed by atoms with Crippen LogP contribution in [0.5, 0.6) is 0 Å². The lowest BCUT2D eigenvalue weighted by atomic mass is 10.1. The second kappa shape index (κ2) is 5.66. The molecule has 0 bridgehead atoms. The Morgan fingerprint density at radius 3 is 2.71 bits per heavy atom. The molecule has 0 saturated heterocycles. The van der Waals surface area contributed by atoms with Gasteiger partial charge in [0.1, 0.15) is 5.82 Å². The summed E-state index contributed by atoms with van der Waals surface area (Å²) in [5.74, 6) is 3.19. The molecule has 1 rings (SSSR count). The van der Waals surface area contributed by atoms with Crippen LogP contribution < -0.4 is 11.5 Å². The molecule has 4 N–H and O–H groups in total. The van der Waals surface area contributed by atoms with Crippen molar-refractivity contribution < 1.29 is 8.78 Å². The first kappa shape index (κ1) is 12.7. The van der Waals surface area contributed by atoms with Crippen LogP contribution in [0.3, 0.4) is 0 Å². The van der Waals surface area contributed by atoms with Crippen LogP contribution in [-0.4, -0.2) is 13.3 Å². The number of benzene rings is 1. The van der Waals surface area contributed by atoms with Crippen LogP contribution in [-0.2, 0) is 0 Å². The van der Waals surface area contributed by atoms with Gasteiger partial charge in [-0.15, -0.1) is 0 Å². The topological polar surface area (TPSA) is 64.4 Å². The minimum absolute atomic E-state index is 0.155. The largest absolute Gasteiger partial charge is 0.404 e. The van der Waals surface area contributed by atoms with E-state index in [4.69, 9.17) is 11.5 Å². The highest BCUT2D eigenvalue weighted by Crippen LogP contribution is 2.17. The van der Waals surface area contributed by atoms with E-state index in [1.807, 2.05) is 0 Å². The van der Waals surface area contributed by atoms with Crippen molar-refractivity contribution in [3.05, 3.63) is 41.1 Å². The van der Waals surface area contributed by atoms with Crippen LogP contribution >= 0.6 is 0 Å². The van der Waals surface area contributed by atoms with E-state index in [9.17, 15) is 8.78 Å². The molecule has 88 valence electrons. The number of nitrogens with zero attached hydrogens (tertiary/aromatic N) is 1. The van der Waals surface area contributed by atoms with Crippen molar-refractivity contribution in [3.63, 3.8) is 0 Å². The molecular weight excluding hydrogens is 224 g/mol. The number of nitrogen functional groups attached to an aromatic ring is 1. The van der Waals surface area contributed by atoms with Crippen LogP contribution in [0.15, 0.2) is 28.9 Å². The summed E-state index contributed by atoms with van der Waals surface area (Å²) in [4.78, 5) is 3.69. The molecule has 1 aromatic carbocycles. The van der Waals surface area contributed by atoms with E-state index >= 15 is 0 Å². The number of hydrogen-bond acceptors (Lipinski definition) is 3. The molecule has 0 radical (unpaired) electrons. The molecule has 0 saturated carbocycles. The van der Waals surface area contributed by atoms with Gasteiger partial charge in [0.25, 0.3) is 0 Å². The predicted octanol–water partition coefficient (Wildman–Crippen LogP) is 1.44. The number of aliphatic imine (C=N–C) groups is 1. The van der Waals surface area contributed by atoms with Gasteiger partial charge in [0.05, 0.1) is 16.8 Å². The van der Waals surface area contributed by atoms with Gasteiger partial charge in [-0.3, -0.25) is 4.99 Å². The van der Waals surface area contributed by atoms with Crippen molar-refractivity contribution in [2.45, 2.75) is 0 Å². The molecule has 0 amide bonds. The van der Waals surface area contributed by atoms with Crippen molar-refractivity contribution in [2.75, 3.05) is 12.8 Å². The smallest absolute Gasteiger partial charge is 0.164 e. The summed E-state index contributed by atoms with van der Waals surface area (Å²) in [6, 6.07) is 2.20. The molecule has 3 nitrogen and oxygen atoms in total. The van der Waals surface area contributed by atoms with Gasteiger partial charge >= 0.3 is 0 Å². The number of nitrogens with two attached hydrogens (primary N) is 2. The highest BCUT2D eigenvalue weighted by Gasteiger charge is 2.09. The second-order valence-electron chi connectivity index (χ2n) is 3.08. The van der Waals surface area contributed by atoms with Gasteiger partial charge < -0.3 is 11.5 Å². The van der Waals surface area contributed by atoms with Gasteiger partial charge in [-0.05, 0) is 12.1 Å². The lowest BCUT2D eigenvalue weighted by Crippen LogP contribution is -1.97. The molecular formula is C12H11F2N3. The third kappa shape index (κ3) is 3.05. The van der Waals surface area contributed by atoms with Crippen molar-refractivity contribution in [2.24, 2.45) is 10.7 Å². The van der Waals surface area contributed by atoms with Crippen molar-refractivity contribution in [3.8, 4) is 11.8 Å². The third-order valence-corrected chi connectivity index (χ3v) is 1.90. The molecule has 0 aliphatic rings. The zero-order valence-electron chi connectivity index (χ0n) is 9.17. The Hall–Kier alpha value is -2.35. The summed E-state index contributed by atoms with van der Waals surface area (Å²) >= 11 is 0. The maximum absolute atomic E-state index is 13.5. The molecule has 1 aromatic rings. The van der Waals surface area contributed by atoms with Crippen LogP contribution in [0, 0.1) is 23.5 Å². The van der Waals surface area contributed by atoms with Gasteiger partial charge in [-0.2, -0.15) is 0 Å². The van der Waals surface area contributed by atoms with Crippen molar-refractivity contribution in [1.29, 1.82) is 0 Å². The van der Waals surface area contributed by atoms with Gasteiger partial charge in [-0.1, -0.05) is 11.8 Å². The Balaban J connectivity index is 3.20. The minimum Gasteiger partial charge on any atom is -0.404 e. The van der Waals surface area contributed by atoms with E-state index in [-0.39, 0.29) is 11.3 Å². The van der Waals surface area contributed by atoms with Crippen LogP contribution in [0.4, 0.5) is 14.5 Å². The number of hydrogen-bond donors (Lipinski definition) is 2. The summed E-state index contributed by atoms with van der Waals surface area (Å²) < 4.78 is 26.7. The van der Waals surface area contributed by atoms with E-state index in [2.05, 4.69) is 16.8 Å². The van der Waals surface area contributed by atoms with E-state index in [0.29, 0.717) is 5.57 Å². The first-order valence-corrected chi connectivity index (χ1v) is 4.69. The fourth-order valence-electron chi connectivity index (χ4n) is 1.07. The van der Waals surface area contributed by atoms with Gasteiger partial charge in [0.15, 0.2) is 5.82 Å². The molecule has 0 heterocycles. The maximum atomic E-state index is 13.5. The number of anilines is 1. The summed E-state index contributed by atoms with van der Waals surface area (Å²) in [5, 5.41) is 0. The minimum atomic E-state index is -0.873. The average Bonchev–Trinajstić information content (AvgIpc) is 2.32. The fraction of sp³-hybridized carbons (Fsp3) is 0.0833. The summed E-state index contributed by atoms with van der Waals surface area (Å²) in [6.07, 6.45) is 2.58. The quantitative estimate of drug-likeness (QED) is 0.439. The summed E-state index contributed by atoms with van der Waals surface area (Å²) in [5.41, 5.74) is 10.4. The SMILES string of the molecule is CN=C/C(C#Cc1c(F)ccc(N)c1F)=C\N. The zero-order valence-corrected chi connectivity index (χ0v) is 9.17. The van der Waals surface area contributed by atoms with E-state index in [1.165, 1.54) is 19.5 Å². The summed E-state index contributed by atoms with van der Waals surface area (Å²) in [6.45, 7) is 0. The van der Waals surface area contributed by atoms with Gasteiger partial charge in [0, 0.05) is 19.5 Å². The normalized spacial score (nSPS) is 11.4. The maximum Gasteiger partial charge on any atom is 0.164 e. The van der Waals surface area contributed by atoms with Gasteiger partial charge in [-0.25, -0.2) is 8.78 Å². The summed E-state index contributed by atoms with van der Waals surface area (Å²) in [7, 11) is 1.53. The van der Waals surface area contributed by atoms with E-state index in [1.54, 1.807) is 0 Å². The highest BCUT2D eigenvalue weighted by molar-refractivity contribution is 5.84. The first-order valence-electron chi connectivity index (χ1n) is 4.69. The Kier molecular flexibility index (Phi) is 4.23. The van der Waals surface area contributed by atoms with Crippen LogP contribution in [0.25, 0.3) is 0 Å². The van der Waals surface area contributed by atoms with Crippen LogP contribution in [0.2, 0.25) is 0 Å². The molecule has 0 aliphatic carbocycles. The fourth-order valence-corrected chi connectivity index (χ4v) is 1.07. The number of allylic oxidation sites excluding steroid dienone is 1. The van der Waals surface area contributed by atoms with E-state index in [0.717, 1.165) is 12.1 Å². The van der Waals surface area contributed by atoms with Gasteiger partial charge in [0.2, 0.25) is 0 Å². The van der Waals surface area contributed by atoms with Crippen molar-refractivity contribution in [1.82, 2.24) is 0 Å². The molecule has 17 heavy (non-hydrogen) atoms. The lowest BCUT2D eigenvalue weighted by molar-refractivity contribution is 0.580. The van der Waals surface area contributed by atoms with E-state index < -0.39 is 11.6 Å². The zero-order chi connectivity index (χ0) is 12.8. The average molecular weight is 235 g/mol. The third-order valence-electron chi connectivity index (χ3n) is 1.90. The molecule has 0 atom stereocenters. The highest BCUT2D eigenvalue weighted by atomic mass is 19.1. The molecule has 5 heteroatoms. The van der Waals surface area contributed by atoms with Crippen LogP contribution in [0.1, 0.15) is 5.56 Å². The second-order valence-corrected chi connectivity index (χ2v) is 3.08. The standard InChI is InChI=1S/C12H11F2N3/c1-17-7-8(6-15)2-3-9-10(13)4-5-11(16)12(9)14/h4-7H,15-16H2,1H3/b8-6-,17-7?. The van der Waals surface area contributed by atoms with Crippen molar-refractivity contribution >= 4 is 11.9 Å². The molecule has 0 aromatic heterocycles. The molecule has 0 aliphatic heterocycles. The number of halogens is 2. The number of rotatable bonds is 1. The lowest BCUT2D eigenvalue weighted by Gasteiger charge is -1.99. The molecule has 0 spiro atoms. The predicted molar refractivity (Wildman–Crippen MR) is 64.3 cm³/mol. The Labute approximate surface area is 97.8 Å². The molecule has 0 fully saturated rings. The first-order chi connectivity index (χ1) is 8.10. The Bertz CT molecular complexity index is 537. The molecule has 0 unspecified atom stereocenters. The Morgan fingerprint density at radius 1 is 1.41 bits per heavy atom.